The number of nitrogens with zero attached hydrogens (tertiary/aromatic N) is 2. The third-order valence-corrected chi connectivity index (χ3v) is 2.03. The van der Waals surface area contributed by atoms with E-state index in [-0.39, 0.29) is 0 Å². The number of pyridine rings is 1. The lowest BCUT2D eigenvalue weighted by Crippen LogP contribution is -1.96. The molecular weight excluding hydrogens is 180 g/mol. The standard InChI is InChI=1S/C10H12N2O2/c1-2-4-7(13)10-12-9-8(14-10)5-3-6-11-9/h3,5-7,13H,2,4H2,1H3/t7-/m0/s1. The molecule has 74 valence electrons. The van der Waals surface area contributed by atoms with E-state index < -0.39 is 6.10 Å². The van der Waals surface area contributed by atoms with Crippen LogP contribution in [0.2, 0.25) is 0 Å². The summed E-state index contributed by atoms with van der Waals surface area (Å²) in [7, 11) is 0. The van der Waals surface area contributed by atoms with E-state index in [9.17, 15) is 5.11 Å². The zero-order valence-corrected chi connectivity index (χ0v) is 7.97. The summed E-state index contributed by atoms with van der Waals surface area (Å²) in [6, 6.07) is 3.57. The van der Waals surface area contributed by atoms with Crippen LogP contribution in [0.4, 0.5) is 0 Å². The van der Waals surface area contributed by atoms with Gasteiger partial charge in [-0.25, -0.2) is 4.98 Å². The third-order valence-electron chi connectivity index (χ3n) is 2.03. The Morgan fingerprint density at radius 1 is 1.57 bits per heavy atom. The van der Waals surface area contributed by atoms with Gasteiger partial charge in [0.05, 0.1) is 0 Å². The molecule has 4 heteroatoms. The minimum Gasteiger partial charge on any atom is -0.436 e. The zero-order valence-electron chi connectivity index (χ0n) is 7.97. The second-order valence-electron chi connectivity index (χ2n) is 3.18. The van der Waals surface area contributed by atoms with Crippen LogP contribution in [-0.2, 0) is 0 Å². The molecule has 0 spiro atoms. The number of fused-ring (bicyclic) bond motifs is 1. The van der Waals surface area contributed by atoms with Crippen molar-refractivity contribution < 1.29 is 9.52 Å². The summed E-state index contributed by atoms with van der Waals surface area (Å²) < 4.78 is 5.36. The number of aliphatic hydroxyl groups excluding tert-OH is 1. The molecule has 2 aromatic rings. The largest absolute Gasteiger partial charge is 0.436 e. The molecule has 2 aromatic heterocycles. The summed E-state index contributed by atoms with van der Waals surface area (Å²) in [5.74, 6) is 0.362. The summed E-state index contributed by atoms with van der Waals surface area (Å²) in [4.78, 5) is 8.13. The lowest BCUT2D eigenvalue weighted by molar-refractivity contribution is 0.135. The molecule has 0 aliphatic carbocycles. The first-order chi connectivity index (χ1) is 6.81. The number of oxazole rings is 1. The topological polar surface area (TPSA) is 59.2 Å². The lowest BCUT2D eigenvalue weighted by atomic mass is 10.2. The van der Waals surface area contributed by atoms with Crippen molar-refractivity contribution in [3.05, 3.63) is 24.2 Å². The van der Waals surface area contributed by atoms with Crippen LogP contribution in [0.1, 0.15) is 31.8 Å². The fraction of sp³-hybridized carbons (Fsp3) is 0.400. The van der Waals surface area contributed by atoms with E-state index in [0.717, 1.165) is 6.42 Å². The van der Waals surface area contributed by atoms with Gasteiger partial charge < -0.3 is 9.52 Å². The second-order valence-corrected chi connectivity index (χ2v) is 3.18. The van der Waals surface area contributed by atoms with Gasteiger partial charge in [-0.05, 0) is 18.6 Å². The van der Waals surface area contributed by atoms with Crippen molar-refractivity contribution in [3.8, 4) is 0 Å². The predicted octanol–water partition coefficient (Wildman–Crippen LogP) is 2.06. The molecule has 2 heterocycles. The smallest absolute Gasteiger partial charge is 0.225 e. The van der Waals surface area contributed by atoms with E-state index in [2.05, 4.69) is 9.97 Å². The van der Waals surface area contributed by atoms with Crippen LogP contribution < -0.4 is 0 Å². The highest BCUT2D eigenvalue weighted by Crippen LogP contribution is 2.21. The van der Waals surface area contributed by atoms with Crippen LogP contribution in [0.5, 0.6) is 0 Å². The summed E-state index contributed by atoms with van der Waals surface area (Å²) in [5.41, 5.74) is 1.18. The minimum absolute atomic E-state index is 0.362. The molecule has 14 heavy (non-hydrogen) atoms. The molecule has 0 aromatic carbocycles. The molecule has 1 atom stereocenters. The van der Waals surface area contributed by atoms with E-state index in [4.69, 9.17) is 4.42 Å². The molecule has 2 rings (SSSR count). The fourth-order valence-corrected chi connectivity index (χ4v) is 1.33. The van der Waals surface area contributed by atoms with Gasteiger partial charge in [-0.3, -0.25) is 0 Å². The van der Waals surface area contributed by atoms with Gasteiger partial charge in [0.1, 0.15) is 6.10 Å². The number of aliphatic hydroxyl groups is 1. The van der Waals surface area contributed by atoms with Gasteiger partial charge in [0.2, 0.25) is 5.89 Å². The lowest BCUT2D eigenvalue weighted by Gasteiger charge is -2.01. The normalized spacial score (nSPS) is 13.3. The maximum absolute atomic E-state index is 9.64. The average molecular weight is 192 g/mol. The van der Waals surface area contributed by atoms with Crippen molar-refractivity contribution >= 4 is 11.2 Å². The first kappa shape index (κ1) is 9.15. The Balaban J connectivity index is 2.35. The highest BCUT2D eigenvalue weighted by Gasteiger charge is 2.14. The zero-order chi connectivity index (χ0) is 9.97. The Morgan fingerprint density at radius 2 is 2.43 bits per heavy atom. The molecule has 0 amide bonds. The van der Waals surface area contributed by atoms with Crippen molar-refractivity contribution in [2.75, 3.05) is 0 Å². The van der Waals surface area contributed by atoms with Crippen molar-refractivity contribution in [1.82, 2.24) is 9.97 Å². The SMILES string of the molecule is CCC[C@H](O)c1nc2ncccc2o1. The molecule has 0 bridgehead atoms. The summed E-state index contributed by atoms with van der Waals surface area (Å²) in [5, 5.41) is 9.64. The first-order valence-electron chi connectivity index (χ1n) is 4.70. The van der Waals surface area contributed by atoms with Gasteiger partial charge in [0, 0.05) is 6.20 Å². The van der Waals surface area contributed by atoms with Gasteiger partial charge in [-0.2, -0.15) is 4.98 Å². The van der Waals surface area contributed by atoms with Crippen LogP contribution in [0.15, 0.2) is 22.7 Å². The first-order valence-corrected chi connectivity index (χ1v) is 4.70. The molecule has 0 radical (unpaired) electrons. The second kappa shape index (κ2) is 3.75. The Morgan fingerprint density at radius 3 is 3.14 bits per heavy atom. The fourth-order valence-electron chi connectivity index (χ4n) is 1.33. The van der Waals surface area contributed by atoms with Gasteiger partial charge in [-0.1, -0.05) is 13.3 Å². The maximum Gasteiger partial charge on any atom is 0.225 e. The Kier molecular flexibility index (Phi) is 2.45. The minimum atomic E-state index is -0.616. The van der Waals surface area contributed by atoms with Crippen molar-refractivity contribution in [1.29, 1.82) is 0 Å². The monoisotopic (exact) mass is 192 g/mol. The van der Waals surface area contributed by atoms with Crippen LogP contribution >= 0.6 is 0 Å². The van der Waals surface area contributed by atoms with E-state index >= 15 is 0 Å². The van der Waals surface area contributed by atoms with Crippen molar-refractivity contribution in [2.24, 2.45) is 0 Å². The maximum atomic E-state index is 9.64. The molecule has 0 saturated heterocycles. The van der Waals surface area contributed by atoms with Crippen LogP contribution in [-0.4, -0.2) is 15.1 Å². The van der Waals surface area contributed by atoms with Crippen molar-refractivity contribution in [2.45, 2.75) is 25.9 Å². The van der Waals surface area contributed by atoms with E-state index in [1.54, 1.807) is 18.3 Å². The summed E-state index contributed by atoms with van der Waals surface area (Å²) >= 11 is 0. The third kappa shape index (κ3) is 1.61. The van der Waals surface area contributed by atoms with Gasteiger partial charge in [0.15, 0.2) is 11.2 Å². The van der Waals surface area contributed by atoms with E-state index in [1.807, 2.05) is 6.92 Å². The molecule has 0 fully saturated rings. The molecule has 0 unspecified atom stereocenters. The van der Waals surface area contributed by atoms with E-state index in [1.165, 1.54) is 0 Å². The molecule has 0 aliphatic heterocycles. The number of rotatable bonds is 3. The molecular formula is C10H12N2O2. The Bertz CT molecular complexity index is 392. The number of hydrogen-bond donors (Lipinski definition) is 1. The molecule has 1 N–H and O–H groups in total. The quantitative estimate of drug-likeness (QED) is 0.808. The molecule has 0 aliphatic rings. The average Bonchev–Trinajstić information content (AvgIpc) is 2.61. The summed E-state index contributed by atoms with van der Waals surface area (Å²) in [6.45, 7) is 2.00. The number of aromatic nitrogens is 2. The predicted molar refractivity (Wildman–Crippen MR) is 51.7 cm³/mol. The van der Waals surface area contributed by atoms with Crippen LogP contribution in [0.3, 0.4) is 0 Å². The van der Waals surface area contributed by atoms with Crippen molar-refractivity contribution in [3.63, 3.8) is 0 Å². The van der Waals surface area contributed by atoms with Crippen LogP contribution in [0.25, 0.3) is 11.2 Å². The Hall–Kier alpha value is -1.42. The van der Waals surface area contributed by atoms with E-state index in [0.29, 0.717) is 23.5 Å². The van der Waals surface area contributed by atoms with Crippen LogP contribution in [0, 0.1) is 0 Å². The molecule has 0 saturated carbocycles. The van der Waals surface area contributed by atoms with Gasteiger partial charge in [-0.15, -0.1) is 0 Å². The number of hydrogen-bond acceptors (Lipinski definition) is 4. The molecule has 4 nitrogen and oxygen atoms in total. The highest BCUT2D eigenvalue weighted by molar-refractivity contribution is 5.66. The Labute approximate surface area is 81.6 Å². The highest BCUT2D eigenvalue weighted by atomic mass is 16.4. The summed E-state index contributed by atoms with van der Waals surface area (Å²) in [6.07, 6.45) is 2.59. The van der Waals surface area contributed by atoms with Gasteiger partial charge in [0.25, 0.3) is 0 Å². The van der Waals surface area contributed by atoms with Gasteiger partial charge >= 0.3 is 0 Å².